The summed E-state index contributed by atoms with van der Waals surface area (Å²) in [7, 11) is -4.65. The third-order valence-electron chi connectivity index (χ3n) is 8.24. The van der Waals surface area contributed by atoms with Crippen LogP contribution in [0.5, 0.6) is 0 Å². The predicted molar refractivity (Wildman–Crippen MR) is 232 cm³/mol. The van der Waals surface area contributed by atoms with Crippen LogP contribution in [0.1, 0.15) is 142 Å². The minimum Gasteiger partial charge on any atom is -0.462 e. The van der Waals surface area contributed by atoms with Gasteiger partial charge in [-0.15, -0.1) is 0 Å². The highest BCUT2D eigenvalue weighted by Gasteiger charge is 2.27. The zero-order chi connectivity index (χ0) is 41.9. The van der Waals surface area contributed by atoms with Gasteiger partial charge in [-0.2, -0.15) is 0 Å². The van der Waals surface area contributed by atoms with E-state index in [9.17, 15) is 24.2 Å². The van der Waals surface area contributed by atoms with Gasteiger partial charge in [-0.1, -0.05) is 143 Å². The van der Waals surface area contributed by atoms with Crippen LogP contribution in [0.3, 0.4) is 0 Å². The molecule has 0 heterocycles. The number of hydrogen-bond donors (Lipinski definition) is 3. The van der Waals surface area contributed by atoms with Crippen molar-refractivity contribution in [1.29, 1.82) is 0 Å². The number of allylic oxidation sites excluding steroid dienone is 16. The Morgan fingerprint density at radius 3 is 1.53 bits per heavy atom. The Morgan fingerprint density at radius 1 is 0.544 bits per heavy atom. The summed E-state index contributed by atoms with van der Waals surface area (Å²) in [5.74, 6) is -1.05. The topological polar surface area (TPSA) is 149 Å². The van der Waals surface area contributed by atoms with Crippen LogP contribution >= 0.6 is 7.82 Å². The van der Waals surface area contributed by atoms with Gasteiger partial charge in [-0.05, 0) is 83.5 Å². The molecule has 0 aromatic rings. The molecule has 0 aliphatic carbocycles. The van der Waals surface area contributed by atoms with Crippen molar-refractivity contribution in [2.24, 2.45) is 0 Å². The van der Waals surface area contributed by atoms with E-state index in [0.717, 1.165) is 83.5 Å². The molecule has 3 N–H and O–H groups in total. The third-order valence-corrected chi connectivity index (χ3v) is 9.19. The van der Waals surface area contributed by atoms with Gasteiger partial charge in [0.15, 0.2) is 6.10 Å². The Hall–Kier alpha value is -3.11. The number of rotatable bonds is 38. The van der Waals surface area contributed by atoms with E-state index in [1.807, 2.05) is 12.2 Å². The maximum Gasteiger partial charge on any atom is 0.472 e. The summed E-state index contributed by atoms with van der Waals surface area (Å²) in [5, 5.41) is 18.3. The van der Waals surface area contributed by atoms with Crippen molar-refractivity contribution >= 4 is 19.8 Å². The summed E-state index contributed by atoms with van der Waals surface area (Å²) < 4.78 is 32.6. The first-order valence-corrected chi connectivity index (χ1v) is 22.7. The Balaban J connectivity index is 4.49. The largest absolute Gasteiger partial charge is 0.472 e. The number of hydrogen-bond acceptors (Lipinski definition) is 9. The molecule has 0 amide bonds. The van der Waals surface area contributed by atoms with Gasteiger partial charge in [0.25, 0.3) is 0 Å². The SMILES string of the molecule is CC/C=C\C/C=C\C/C=C\C/C=C\C/C=C\C/C=C\CCC(=O)O[C@H](COC(=O)CCCCCCC/C=C\C/C=C\CCCCC)COP(=O)(O)OC[C@@H](O)CO. The molecule has 0 aliphatic heterocycles. The molecule has 0 fully saturated rings. The molecule has 11 heteroatoms. The normalized spacial score (nSPS) is 14.8. The van der Waals surface area contributed by atoms with Crippen molar-refractivity contribution in [3.63, 3.8) is 0 Å². The maximum absolute atomic E-state index is 12.6. The third kappa shape index (κ3) is 40.9. The van der Waals surface area contributed by atoms with Gasteiger partial charge in [-0.25, -0.2) is 4.57 Å². The minimum absolute atomic E-state index is 0.0502. The molecule has 0 bridgehead atoms. The van der Waals surface area contributed by atoms with Gasteiger partial charge in [0.2, 0.25) is 0 Å². The fourth-order valence-corrected chi connectivity index (χ4v) is 5.78. The molecule has 57 heavy (non-hydrogen) atoms. The zero-order valence-corrected chi connectivity index (χ0v) is 35.9. The second-order valence-electron chi connectivity index (χ2n) is 13.6. The lowest BCUT2D eigenvalue weighted by molar-refractivity contribution is -0.161. The molecule has 0 saturated heterocycles. The number of carbonyl (C=O) groups excluding carboxylic acids is 2. The lowest BCUT2D eigenvalue weighted by atomic mass is 10.1. The molecule has 0 aromatic heterocycles. The molecule has 10 nitrogen and oxygen atoms in total. The quantitative estimate of drug-likeness (QED) is 0.0238. The first kappa shape index (κ1) is 53.9. The molecular weight excluding hydrogens is 743 g/mol. The Labute approximate surface area is 344 Å². The lowest BCUT2D eigenvalue weighted by Crippen LogP contribution is -2.29. The van der Waals surface area contributed by atoms with Gasteiger partial charge in [0, 0.05) is 12.8 Å². The van der Waals surface area contributed by atoms with E-state index in [1.54, 1.807) is 0 Å². The highest BCUT2D eigenvalue weighted by atomic mass is 31.2. The smallest absolute Gasteiger partial charge is 0.462 e. The highest BCUT2D eigenvalue weighted by molar-refractivity contribution is 7.47. The number of ether oxygens (including phenoxy) is 2. The van der Waals surface area contributed by atoms with Gasteiger partial charge in [-0.3, -0.25) is 18.6 Å². The molecular formula is C46H75O10P. The molecule has 1 unspecified atom stereocenters. The molecule has 0 aromatic carbocycles. The van der Waals surface area contributed by atoms with Crippen LogP contribution in [0.2, 0.25) is 0 Å². The Morgan fingerprint density at radius 2 is 1.00 bits per heavy atom. The number of phosphoric acid groups is 1. The van der Waals surface area contributed by atoms with E-state index < -0.39 is 51.8 Å². The summed E-state index contributed by atoms with van der Waals surface area (Å²) >= 11 is 0. The minimum atomic E-state index is -4.65. The van der Waals surface area contributed by atoms with Gasteiger partial charge in [0.1, 0.15) is 12.7 Å². The number of unbranched alkanes of at least 4 members (excludes halogenated alkanes) is 8. The van der Waals surface area contributed by atoms with Gasteiger partial charge in [0.05, 0.1) is 19.8 Å². The van der Waals surface area contributed by atoms with Crippen LogP contribution in [-0.2, 0) is 32.7 Å². The van der Waals surface area contributed by atoms with E-state index >= 15 is 0 Å². The highest BCUT2D eigenvalue weighted by Crippen LogP contribution is 2.43. The van der Waals surface area contributed by atoms with E-state index in [4.69, 9.17) is 19.1 Å². The fraction of sp³-hybridized carbons (Fsp3) is 0.609. The average Bonchev–Trinajstić information content (AvgIpc) is 3.20. The maximum atomic E-state index is 12.6. The van der Waals surface area contributed by atoms with Crippen molar-refractivity contribution in [3.05, 3.63) is 97.2 Å². The number of aliphatic hydroxyl groups is 2. The Kier molecular flexibility index (Phi) is 38.8. The second-order valence-corrected chi connectivity index (χ2v) is 15.1. The summed E-state index contributed by atoms with van der Waals surface area (Å²) in [6.07, 6.45) is 49.6. The average molecular weight is 819 g/mol. The second kappa shape index (κ2) is 41.1. The zero-order valence-electron chi connectivity index (χ0n) is 35.0. The van der Waals surface area contributed by atoms with E-state index in [1.165, 1.54) is 19.3 Å². The molecule has 0 rings (SSSR count). The van der Waals surface area contributed by atoms with Crippen LogP contribution in [0, 0.1) is 0 Å². The van der Waals surface area contributed by atoms with Crippen molar-refractivity contribution in [1.82, 2.24) is 0 Å². The predicted octanol–water partition coefficient (Wildman–Crippen LogP) is 11.2. The number of phosphoric ester groups is 1. The van der Waals surface area contributed by atoms with E-state index in [2.05, 4.69) is 103 Å². The summed E-state index contributed by atoms with van der Waals surface area (Å²) in [4.78, 5) is 34.9. The number of aliphatic hydroxyl groups excluding tert-OH is 2. The Bertz CT molecular complexity index is 1260. The number of esters is 2. The standard InChI is InChI=1S/C46H75O10P/c1-3-5-7-9-11-13-15-17-19-20-21-22-24-26-28-30-32-34-36-38-46(50)56-44(42-55-57(51,52)54-40-43(48)39-47)41-53-45(49)37-35-33-31-29-27-25-23-18-16-14-12-10-8-6-4-2/h5,7,11-14,17-19,21-23,26,28,32,34,43-44,47-48H,3-4,6,8-10,15-16,20,24-25,27,29-31,33,35-42H2,1-2H3,(H,51,52)/b7-5-,13-11-,14-12-,19-17-,22-21-,23-18-,28-26-,34-32-/t43-,44+/m0/s1. The molecule has 0 aliphatic rings. The monoisotopic (exact) mass is 819 g/mol. The number of carbonyl (C=O) groups is 2. The van der Waals surface area contributed by atoms with Crippen LogP contribution < -0.4 is 0 Å². The molecule has 3 atom stereocenters. The van der Waals surface area contributed by atoms with E-state index in [-0.39, 0.29) is 19.4 Å². The first-order chi connectivity index (χ1) is 27.7. The molecule has 0 saturated carbocycles. The van der Waals surface area contributed by atoms with Crippen molar-refractivity contribution in [2.75, 3.05) is 26.4 Å². The van der Waals surface area contributed by atoms with Crippen LogP contribution in [0.15, 0.2) is 97.2 Å². The van der Waals surface area contributed by atoms with Crippen LogP contribution in [-0.4, -0.2) is 65.7 Å². The van der Waals surface area contributed by atoms with Gasteiger partial charge < -0.3 is 24.6 Å². The van der Waals surface area contributed by atoms with Crippen molar-refractivity contribution in [3.8, 4) is 0 Å². The fourth-order valence-electron chi connectivity index (χ4n) is 4.99. The molecule has 324 valence electrons. The summed E-state index contributed by atoms with van der Waals surface area (Å²) in [5.41, 5.74) is 0. The van der Waals surface area contributed by atoms with E-state index in [0.29, 0.717) is 12.8 Å². The summed E-state index contributed by atoms with van der Waals surface area (Å²) in [6, 6.07) is 0. The summed E-state index contributed by atoms with van der Waals surface area (Å²) in [6.45, 7) is 2.11. The van der Waals surface area contributed by atoms with Gasteiger partial charge >= 0.3 is 19.8 Å². The van der Waals surface area contributed by atoms with Crippen LogP contribution in [0.25, 0.3) is 0 Å². The van der Waals surface area contributed by atoms with Crippen LogP contribution in [0.4, 0.5) is 0 Å². The molecule has 0 radical (unpaired) electrons. The molecule has 0 spiro atoms. The lowest BCUT2D eigenvalue weighted by Gasteiger charge is -2.20. The van der Waals surface area contributed by atoms with Crippen molar-refractivity contribution in [2.45, 2.75) is 154 Å². The van der Waals surface area contributed by atoms with Crippen molar-refractivity contribution < 1.29 is 47.8 Å². The first-order valence-electron chi connectivity index (χ1n) is 21.2.